The Morgan fingerprint density at radius 1 is 0.727 bits per heavy atom. The predicted molar refractivity (Wildman–Crippen MR) is 99.8 cm³/mol. The van der Waals surface area contributed by atoms with E-state index in [1.807, 2.05) is 0 Å². The van der Waals surface area contributed by atoms with Crippen LogP contribution in [-0.2, 0) is 9.32 Å². The Hall–Kier alpha value is -0.100. The molecule has 0 rings (SSSR count). The molecule has 0 aliphatic carbocycles. The maximum Gasteiger partial charge on any atom is 0.305 e. The van der Waals surface area contributed by atoms with Crippen LogP contribution >= 0.6 is 8.15 Å². The first kappa shape index (κ1) is 21.9. The van der Waals surface area contributed by atoms with Crippen molar-refractivity contribution < 1.29 is 9.32 Å². The quantitative estimate of drug-likeness (QED) is 0.224. The average molecular weight is 330 g/mol. The zero-order valence-corrected chi connectivity index (χ0v) is 16.3. The van der Waals surface area contributed by atoms with Crippen molar-refractivity contribution in [2.75, 3.05) is 12.8 Å². The van der Waals surface area contributed by atoms with Crippen molar-refractivity contribution in [3.63, 3.8) is 0 Å². The Kier molecular flexibility index (Phi) is 17.2. The molecule has 0 bridgehead atoms. The van der Waals surface area contributed by atoms with Gasteiger partial charge in [-0.3, -0.25) is 4.79 Å². The minimum absolute atomic E-state index is 0.126. The van der Waals surface area contributed by atoms with Gasteiger partial charge in [-0.15, -0.1) is 0 Å². The molecule has 0 fully saturated rings. The SMILES string of the molecule is CCCCCCCCCCCCCCCCP(C)OC(C)=O. The van der Waals surface area contributed by atoms with E-state index in [9.17, 15) is 4.79 Å². The van der Waals surface area contributed by atoms with Crippen molar-refractivity contribution in [1.29, 1.82) is 0 Å². The third kappa shape index (κ3) is 18.0. The van der Waals surface area contributed by atoms with Crippen molar-refractivity contribution in [1.82, 2.24) is 0 Å². The van der Waals surface area contributed by atoms with Crippen molar-refractivity contribution in [3.8, 4) is 0 Å². The summed E-state index contributed by atoms with van der Waals surface area (Å²) in [5, 5.41) is 0. The molecule has 0 aliphatic heterocycles. The van der Waals surface area contributed by atoms with Crippen LogP contribution in [0.4, 0.5) is 0 Å². The van der Waals surface area contributed by atoms with E-state index >= 15 is 0 Å². The molecule has 0 saturated heterocycles. The molecule has 2 nitrogen and oxygen atoms in total. The van der Waals surface area contributed by atoms with Gasteiger partial charge < -0.3 is 4.52 Å². The van der Waals surface area contributed by atoms with E-state index in [4.69, 9.17) is 4.52 Å². The first-order valence-electron chi connectivity index (χ1n) is 9.56. The smallest absolute Gasteiger partial charge is 0.305 e. The summed E-state index contributed by atoms with van der Waals surface area (Å²) in [5.74, 6) is -0.126. The van der Waals surface area contributed by atoms with Crippen LogP contribution in [0, 0.1) is 0 Å². The highest BCUT2D eigenvalue weighted by Gasteiger charge is 2.04. The molecule has 0 aromatic heterocycles. The molecule has 0 heterocycles. The van der Waals surface area contributed by atoms with Gasteiger partial charge in [-0.1, -0.05) is 90.4 Å². The highest BCUT2D eigenvalue weighted by molar-refractivity contribution is 7.52. The molecule has 0 radical (unpaired) electrons. The molecule has 0 amide bonds. The molecule has 0 aromatic carbocycles. The predicted octanol–water partition coefficient (Wildman–Crippen LogP) is 7.06. The lowest BCUT2D eigenvalue weighted by molar-refractivity contribution is -0.131. The van der Waals surface area contributed by atoms with Gasteiger partial charge in [0.25, 0.3) is 0 Å². The molecule has 0 N–H and O–H groups in total. The zero-order valence-electron chi connectivity index (χ0n) is 15.4. The van der Waals surface area contributed by atoms with E-state index in [2.05, 4.69) is 13.6 Å². The van der Waals surface area contributed by atoms with Gasteiger partial charge in [-0.05, 0) is 13.1 Å². The summed E-state index contributed by atoms with van der Waals surface area (Å²) < 4.78 is 5.19. The second-order valence-corrected chi connectivity index (χ2v) is 8.42. The highest BCUT2D eigenvalue weighted by atomic mass is 31.1. The molecule has 22 heavy (non-hydrogen) atoms. The molecule has 0 spiro atoms. The van der Waals surface area contributed by atoms with Crippen molar-refractivity contribution in [3.05, 3.63) is 0 Å². The summed E-state index contributed by atoms with van der Waals surface area (Å²) in [4.78, 5) is 10.8. The van der Waals surface area contributed by atoms with Gasteiger partial charge in [-0.2, -0.15) is 0 Å². The maximum atomic E-state index is 10.8. The van der Waals surface area contributed by atoms with Gasteiger partial charge in [-0.25, -0.2) is 0 Å². The van der Waals surface area contributed by atoms with E-state index < -0.39 is 8.15 Å². The molecule has 1 unspecified atom stereocenters. The molecule has 0 aliphatic rings. The number of unbranched alkanes of at least 4 members (excludes halogenated alkanes) is 13. The number of carbonyl (C=O) groups excluding carboxylic acids is 1. The minimum Gasteiger partial charge on any atom is -0.445 e. The Bertz CT molecular complexity index is 244. The van der Waals surface area contributed by atoms with Crippen LogP contribution in [0.5, 0.6) is 0 Å². The summed E-state index contributed by atoms with van der Waals surface area (Å²) in [6.07, 6.45) is 20.6. The van der Waals surface area contributed by atoms with Crippen LogP contribution in [0.3, 0.4) is 0 Å². The molecule has 0 saturated carbocycles. The molecule has 3 heteroatoms. The number of rotatable bonds is 16. The van der Waals surface area contributed by atoms with Gasteiger partial charge in [0.05, 0.1) is 8.15 Å². The summed E-state index contributed by atoms with van der Waals surface area (Å²) in [6, 6.07) is 0. The van der Waals surface area contributed by atoms with Crippen LogP contribution in [-0.4, -0.2) is 18.8 Å². The van der Waals surface area contributed by atoms with Gasteiger partial charge in [0.1, 0.15) is 0 Å². The van der Waals surface area contributed by atoms with E-state index in [1.165, 1.54) is 96.8 Å². The Labute approximate surface area is 140 Å². The number of hydrogen-bond acceptors (Lipinski definition) is 2. The third-order valence-corrected chi connectivity index (χ3v) is 5.63. The largest absolute Gasteiger partial charge is 0.445 e. The molecular weight excluding hydrogens is 291 g/mol. The van der Waals surface area contributed by atoms with Crippen molar-refractivity contribution >= 4 is 14.1 Å². The normalized spacial score (nSPS) is 12.3. The Balaban J connectivity index is 3.07. The lowest BCUT2D eigenvalue weighted by atomic mass is 10.0. The van der Waals surface area contributed by atoms with E-state index in [0.29, 0.717) is 0 Å². The van der Waals surface area contributed by atoms with Gasteiger partial charge in [0, 0.05) is 13.1 Å². The van der Waals surface area contributed by atoms with Gasteiger partial charge >= 0.3 is 5.97 Å². The lowest BCUT2D eigenvalue weighted by Crippen LogP contribution is -1.95. The molecule has 132 valence electrons. The van der Waals surface area contributed by atoms with Crippen LogP contribution in [0.1, 0.15) is 104 Å². The summed E-state index contributed by atoms with van der Waals surface area (Å²) in [5.41, 5.74) is 0. The second-order valence-electron chi connectivity index (χ2n) is 6.53. The van der Waals surface area contributed by atoms with E-state index in [0.717, 1.165) is 6.16 Å². The Morgan fingerprint density at radius 3 is 1.45 bits per heavy atom. The van der Waals surface area contributed by atoms with Gasteiger partial charge in [0.15, 0.2) is 0 Å². The number of carbonyl (C=O) groups is 1. The fourth-order valence-electron chi connectivity index (χ4n) is 2.79. The second kappa shape index (κ2) is 17.3. The minimum atomic E-state index is -0.510. The van der Waals surface area contributed by atoms with Crippen LogP contribution in [0.15, 0.2) is 0 Å². The lowest BCUT2D eigenvalue weighted by Gasteiger charge is -2.10. The average Bonchev–Trinajstić information content (AvgIpc) is 2.47. The van der Waals surface area contributed by atoms with Crippen molar-refractivity contribution in [2.45, 2.75) is 104 Å². The van der Waals surface area contributed by atoms with E-state index in [1.54, 1.807) is 0 Å². The van der Waals surface area contributed by atoms with Gasteiger partial charge in [0.2, 0.25) is 0 Å². The monoisotopic (exact) mass is 330 g/mol. The fraction of sp³-hybridized carbons (Fsp3) is 0.947. The van der Waals surface area contributed by atoms with Crippen LogP contribution < -0.4 is 0 Å². The first-order chi connectivity index (χ1) is 10.7. The molecular formula is C19H39O2P. The first-order valence-corrected chi connectivity index (χ1v) is 11.5. The third-order valence-electron chi connectivity index (χ3n) is 4.11. The molecule has 1 atom stereocenters. The summed E-state index contributed by atoms with van der Waals surface area (Å²) in [6.45, 7) is 5.84. The Morgan fingerprint density at radius 2 is 1.09 bits per heavy atom. The highest BCUT2D eigenvalue weighted by Crippen LogP contribution is 2.33. The van der Waals surface area contributed by atoms with Crippen LogP contribution in [0.25, 0.3) is 0 Å². The maximum absolute atomic E-state index is 10.8. The summed E-state index contributed by atoms with van der Waals surface area (Å²) in [7, 11) is -0.510. The zero-order chi connectivity index (χ0) is 16.5. The fourth-order valence-corrected chi connectivity index (χ4v) is 3.99. The standard InChI is InChI=1S/C19H39O2P/c1-4-5-6-7-8-9-10-11-12-13-14-15-16-17-18-22(3)21-19(2)20/h4-18H2,1-3H3. The number of hydrogen-bond donors (Lipinski definition) is 0. The topological polar surface area (TPSA) is 26.3 Å². The molecule has 0 aromatic rings. The van der Waals surface area contributed by atoms with E-state index in [-0.39, 0.29) is 5.97 Å². The van der Waals surface area contributed by atoms with Crippen LogP contribution in [0.2, 0.25) is 0 Å². The van der Waals surface area contributed by atoms with Crippen molar-refractivity contribution in [2.24, 2.45) is 0 Å². The summed E-state index contributed by atoms with van der Waals surface area (Å²) >= 11 is 0.